The lowest BCUT2D eigenvalue weighted by Crippen LogP contribution is -2.58. The molecular weight excluding hydrogens is 623 g/mol. The molecule has 2 atom stereocenters. The normalized spacial score (nSPS) is 21.2. The lowest BCUT2D eigenvalue weighted by atomic mass is 9.84. The van der Waals surface area contributed by atoms with E-state index >= 15 is 0 Å². The van der Waals surface area contributed by atoms with E-state index in [4.69, 9.17) is 11.6 Å². The highest BCUT2D eigenvalue weighted by molar-refractivity contribution is 7.99. The number of thioether (sulfide) groups is 1. The summed E-state index contributed by atoms with van der Waals surface area (Å²) in [6.45, 7) is 11.9. The summed E-state index contributed by atoms with van der Waals surface area (Å²) in [5.41, 5.74) is -1.99. The molecule has 1 amide bonds. The van der Waals surface area contributed by atoms with Gasteiger partial charge in [-0.25, -0.2) is 13.6 Å². The van der Waals surface area contributed by atoms with E-state index in [9.17, 15) is 31.5 Å². The van der Waals surface area contributed by atoms with Gasteiger partial charge in [0, 0.05) is 59.4 Å². The van der Waals surface area contributed by atoms with Crippen LogP contribution in [0, 0.1) is 5.41 Å². The minimum atomic E-state index is -4.84. The predicted octanol–water partition coefficient (Wildman–Crippen LogP) is 7.86. The Kier molecular flexibility index (Phi) is 10.0. The Hall–Kier alpha value is -3.12. The lowest BCUT2D eigenvalue weighted by molar-refractivity contribution is -0.137. The van der Waals surface area contributed by atoms with E-state index in [0.717, 1.165) is 18.2 Å². The van der Waals surface area contributed by atoms with Crippen LogP contribution < -0.4 is 10.6 Å². The zero-order valence-electron chi connectivity index (χ0n) is 24.8. The van der Waals surface area contributed by atoms with Gasteiger partial charge < -0.3 is 9.80 Å². The molecule has 2 aliphatic heterocycles. The Labute approximate surface area is 261 Å². The van der Waals surface area contributed by atoms with Crippen molar-refractivity contribution in [3.8, 4) is 0 Å². The van der Waals surface area contributed by atoms with E-state index in [1.807, 2.05) is 27.7 Å². The molecule has 13 heteroatoms. The molecule has 0 N–H and O–H groups in total. The van der Waals surface area contributed by atoms with Gasteiger partial charge in [-0.2, -0.15) is 18.2 Å². The number of allylic oxidation sites excluding steroid dienone is 4. The van der Waals surface area contributed by atoms with E-state index in [1.165, 1.54) is 22.4 Å². The van der Waals surface area contributed by atoms with Gasteiger partial charge in [0.2, 0.25) is 5.91 Å². The smallest absolute Gasteiger partial charge is 0.352 e. The number of nitrogens with zero attached hydrogens (tertiary/aromatic N) is 4. The van der Waals surface area contributed by atoms with Crippen molar-refractivity contribution >= 4 is 52.1 Å². The zero-order chi connectivity index (χ0) is 32.6. The third kappa shape index (κ3) is 6.33. The SMILES string of the molecule is C=CC(=O)N1C(C)CN(c2nc(=O)n3c4c(c(/C=C/C(Cl)=C(F)\C=C\F)c(C(F)(F)F)cc24)SCC(CC)(CC)C3)CC1C. The minimum absolute atomic E-state index is 0.0658. The van der Waals surface area contributed by atoms with Crippen molar-refractivity contribution < 1.29 is 26.7 Å². The number of carbonyl (C=O) groups excluding carboxylic acids is 1. The van der Waals surface area contributed by atoms with E-state index in [0.29, 0.717) is 30.2 Å². The standard InChI is InChI=1S/C31H34ClF5N4O2S/c1-6-25(42)41-18(4)14-39(15-19(41)5)28-21-13-22(31(35,36)37)20(9-10-23(32)24(34)11-12-33)27-26(21)40(29(43)38-28)16-30(7-2,8-3)17-44-27/h6,9-13,18-19H,1,7-8,14-17H2,2-5H3/b10-9+,12-11+,24-23-. The molecule has 2 aliphatic rings. The van der Waals surface area contributed by atoms with Gasteiger partial charge in [-0.05, 0) is 50.3 Å². The molecule has 2 aromatic rings. The van der Waals surface area contributed by atoms with Gasteiger partial charge in [-0.1, -0.05) is 38.1 Å². The van der Waals surface area contributed by atoms with Crippen molar-refractivity contribution in [3.63, 3.8) is 0 Å². The molecule has 3 heterocycles. The van der Waals surface area contributed by atoms with Crippen LogP contribution in [0.25, 0.3) is 17.0 Å². The van der Waals surface area contributed by atoms with E-state index < -0.39 is 33.7 Å². The molecule has 2 unspecified atom stereocenters. The number of aromatic nitrogens is 2. The van der Waals surface area contributed by atoms with Gasteiger partial charge in [0.05, 0.1) is 22.4 Å². The quantitative estimate of drug-likeness (QED) is 0.173. The molecule has 1 aromatic heterocycles. The fraction of sp³-hybridized carbons (Fsp3) is 0.452. The highest BCUT2D eigenvalue weighted by Crippen LogP contribution is 2.48. The maximum absolute atomic E-state index is 14.8. The van der Waals surface area contributed by atoms with Crippen LogP contribution in [-0.2, 0) is 17.5 Å². The summed E-state index contributed by atoms with van der Waals surface area (Å²) in [4.78, 5) is 34.2. The van der Waals surface area contributed by atoms with Crippen molar-refractivity contribution in [1.29, 1.82) is 0 Å². The van der Waals surface area contributed by atoms with E-state index in [2.05, 4.69) is 11.6 Å². The van der Waals surface area contributed by atoms with Gasteiger partial charge in [0.1, 0.15) is 11.6 Å². The molecule has 6 nitrogen and oxygen atoms in total. The first-order valence-corrected chi connectivity index (χ1v) is 15.6. The first-order valence-electron chi connectivity index (χ1n) is 14.2. The molecule has 0 spiro atoms. The number of benzene rings is 1. The van der Waals surface area contributed by atoms with Crippen molar-refractivity contribution in [3.05, 3.63) is 69.7 Å². The molecule has 1 saturated heterocycles. The number of hydrogen-bond acceptors (Lipinski definition) is 5. The molecule has 1 fully saturated rings. The Bertz CT molecular complexity index is 1600. The average Bonchev–Trinajstić information content (AvgIpc) is 3.15. The monoisotopic (exact) mass is 656 g/mol. The predicted molar refractivity (Wildman–Crippen MR) is 166 cm³/mol. The van der Waals surface area contributed by atoms with Crippen LogP contribution in [0.1, 0.15) is 51.7 Å². The summed E-state index contributed by atoms with van der Waals surface area (Å²) in [5, 5.41) is -0.437. The van der Waals surface area contributed by atoms with Gasteiger partial charge in [0.15, 0.2) is 0 Å². The number of halogens is 6. The third-order valence-electron chi connectivity index (χ3n) is 8.54. The summed E-state index contributed by atoms with van der Waals surface area (Å²) in [6, 6.07) is 0.300. The number of piperazine rings is 1. The van der Waals surface area contributed by atoms with Crippen LogP contribution in [0.3, 0.4) is 0 Å². The van der Waals surface area contributed by atoms with Crippen LogP contribution in [0.15, 0.2) is 57.8 Å². The second kappa shape index (κ2) is 13.1. The first-order chi connectivity index (χ1) is 20.7. The van der Waals surface area contributed by atoms with Gasteiger partial charge in [0.25, 0.3) is 0 Å². The molecule has 44 heavy (non-hydrogen) atoms. The highest BCUT2D eigenvalue weighted by atomic mass is 35.5. The fourth-order valence-corrected chi connectivity index (χ4v) is 7.80. The number of amides is 1. The Morgan fingerprint density at radius 1 is 1.20 bits per heavy atom. The topological polar surface area (TPSA) is 58.4 Å². The van der Waals surface area contributed by atoms with Gasteiger partial charge in [-0.3, -0.25) is 9.36 Å². The fourth-order valence-electron chi connectivity index (χ4n) is 6.03. The summed E-state index contributed by atoms with van der Waals surface area (Å²) in [6.07, 6.45) is 0.111. The summed E-state index contributed by atoms with van der Waals surface area (Å²) < 4.78 is 72.4. The van der Waals surface area contributed by atoms with Crippen molar-refractivity contribution in [2.75, 3.05) is 23.7 Å². The van der Waals surface area contributed by atoms with E-state index in [-0.39, 0.29) is 65.6 Å². The molecule has 1 aromatic carbocycles. The maximum atomic E-state index is 14.8. The summed E-state index contributed by atoms with van der Waals surface area (Å²) >= 11 is 7.15. The van der Waals surface area contributed by atoms with Crippen LogP contribution >= 0.6 is 23.4 Å². The van der Waals surface area contributed by atoms with Crippen LogP contribution in [0.4, 0.5) is 27.8 Å². The highest BCUT2D eigenvalue weighted by Gasteiger charge is 2.40. The van der Waals surface area contributed by atoms with Gasteiger partial charge in [-0.15, -0.1) is 11.8 Å². The van der Waals surface area contributed by atoms with Crippen molar-refractivity contribution in [2.24, 2.45) is 5.41 Å². The Balaban J connectivity index is 2.06. The zero-order valence-corrected chi connectivity index (χ0v) is 26.4. The van der Waals surface area contributed by atoms with Crippen molar-refractivity contribution in [1.82, 2.24) is 14.5 Å². The molecule has 238 valence electrons. The number of anilines is 1. The number of hydrogen-bond donors (Lipinski definition) is 0. The van der Waals surface area contributed by atoms with E-state index in [1.54, 1.807) is 9.80 Å². The summed E-state index contributed by atoms with van der Waals surface area (Å²) in [7, 11) is 0. The third-order valence-corrected chi connectivity index (χ3v) is 10.3. The number of alkyl halides is 3. The Morgan fingerprint density at radius 3 is 2.39 bits per heavy atom. The van der Waals surface area contributed by atoms with Gasteiger partial charge >= 0.3 is 11.9 Å². The summed E-state index contributed by atoms with van der Waals surface area (Å²) in [5.74, 6) is -0.895. The molecular formula is C31H34ClF5N4O2S. The van der Waals surface area contributed by atoms with Crippen LogP contribution in [0.5, 0.6) is 0 Å². The largest absolute Gasteiger partial charge is 0.417 e. The second-order valence-corrected chi connectivity index (χ2v) is 12.6. The maximum Gasteiger partial charge on any atom is 0.417 e. The molecule has 4 rings (SSSR count). The molecule has 0 bridgehead atoms. The molecule has 0 radical (unpaired) electrons. The van der Waals surface area contributed by atoms with Crippen molar-refractivity contribution in [2.45, 2.75) is 70.2 Å². The number of rotatable bonds is 7. The molecule has 0 saturated carbocycles. The second-order valence-electron chi connectivity index (χ2n) is 11.2. The Morgan fingerprint density at radius 2 is 1.84 bits per heavy atom. The molecule has 0 aliphatic carbocycles. The minimum Gasteiger partial charge on any atom is -0.352 e. The first kappa shape index (κ1) is 33.8. The van der Waals surface area contributed by atoms with Crippen LogP contribution in [-0.4, -0.2) is 51.3 Å². The lowest BCUT2D eigenvalue weighted by Gasteiger charge is -2.44. The van der Waals surface area contributed by atoms with Crippen LogP contribution in [0.2, 0.25) is 0 Å². The number of carbonyl (C=O) groups is 1. The average molecular weight is 657 g/mol.